The van der Waals surface area contributed by atoms with Gasteiger partial charge in [0.2, 0.25) is 0 Å². The fraction of sp³-hybridized carbons (Fsp3) is 0.960. The maximum absolute atomic E-state index is 12.1. The van der Waals surface area contributed by atoms with Crippen molar-refractivity contribution in [2.24, 2.45) is 45.8 Å². The van der Waals surface area contributed by atoms with Crippen molar-refractivity contribution in [2.45, 2.75) is 105 Å². The lowest BCUT2D eigenvalue weighted by Gasteiger charge is -2.63. The van der Waals surface area contributed by atoms with E-state index in [1.54, 1.807) is 6.92 Å². The Morgan fingerprint density at radius 1 is 1.00 bits per heavy atom. The molecular formula is C25H42O3. The molecule has 4 fully saturated rings. The van der Waals surface area contributed by atoms with Gasteiger partial charge in [-0.15, -0.1) is 0 Å². The molecule has 4 aliphatic carbocycles. The molecule has 28 heavy (non-hydrogen) atoms. The van der Waals surface area contributed by atoms with Crippen LogP contribution >= 0.6 is 0 Å². The first-order valence-electron chi connectivity index (χ1n) is 11.8. The van der Waals surface area contributed by atoms with Gasteiger partial charge >= 0.3 is 5.97 Å². The Labute approximate surface area is 172 Å². The van der Waals surface area contributed by atoms with Gasteiger partial charge in [0.1, 0.15) is 6.10 Å². The monoisotopic (exact) mass is 390 g/mol. The molecule has 3 nitrogen and oxygen atoms in total. The number of carbonyl (C=O) groups is 1. The minimum atomic E-state index is -0.112. The summed E-state index contributed by atoms with van der Waals surface area (Å²) < 4.78 is 6.14. The first-order chi connectivity index (χ1) is 13.0. The predicted octanol–water partition coefficient (Wildman–Crippen LogP) is 5.59. The molecule has 0 amide bonds. The van der Waals surface area contributed by atoms with Crippen molar-refractivity contribution in [1.29, 1.82) is 0 Å². The van der Waals surface area contributed by atoms with Crippen LogP contribution in [0.25, 0.3) is 0 Å². The van der Waals surface area contributed by atoms with Crippen LogP contribution in [0, 0.1) is 45.8 Å². The van der Waals surface area contributed by atoms with Gasteiger partial charge < -0.3 is 9.84 Å². The van der Waals surface area contributed by atoms with E-state index in [0.29, 0.717) is 29.1 Å². The molecule has 3 heteroatoms. The number of aliphatic hydroxyl groups excluding tert-OH is 1. The van der Waals surface area contributed by atoms with Crippen LogP contribution in [-0.2, 0) is 9.53 Å². The predicted molar refractivity (Wildman–Crippen MR) is 112 cm³/mol. The molecule has 0 aromatic heterocycles. The van der Waals surface area contributed by atoms with Gasteiger partial charge in [-0.05, 0) is 91.8 Å². The zero-order valence-electron chi connectivity index (χ0n) is 19.0. The van der Waals surface area contributed by atoms with E-state index in [1.807, 2.05) is 0 Å². The first-order valence-corrected chi connectivity index (χ1v) is 11.8. The number of carbonyl (C=O) groups excluding carboxylic acids is 1. The summed E-state index contributed by atoms with van der Waals surface area (Å²) in [5.41, 5.74) is 0.648. The van der Waals surface area contributed by atoms with Crippen LogP contribution in [0.1, 0.15) is 92.9 Å². The van der Waals surface area contributed by atoms with Crippen molar-refractivity contribution in [3.63, 3.8) is 0 Å². The molecule has 4 rings (SSSR count). The van der Waals surface area contributed by atoms with E-state index in [4.69, 9.17) is 4.74 Å². The molecular weight excluding hydrogens is 348 g/mol. The standard InChI is InChI=1S/C25H42O3/c1-15(26)28-22-14-20-18(8-7-16-13-17(27)11-12-24(16,20)5)19-9-10-21(23(2,3)4)25(19,22)6/h16-22,27H,7-14H2,1-6H3. The van der Waals surface area contributed by atoms with Gasteiger partial charge in [-0.1, -0.05) is 34.6 Å². The topological polar surface area (TPSA) is 46.5 Å². The average Bonchev–Trinajstić information content (AvgIpc) is 2.95. The Bertz CT molecular complexity index is 622. The van der Waals surface area contributed by atoms with E-state index >= 15 is 0 Å². The van der Waals surface area contributed by atoms with Crippen LogP contribution < -0.4 is 0 Å². The molecule has 0 saturated heterocycles. The van der Waals surface area contributed by atoms with Crippen molar-refractivity contribution in [1.82, 2.24) is 0 Å². The third-order valence-corrected chi connectivity index (χ3v) is 10.1. The summed E-state index contributed by atoms with van der Waals surface area (Å²) in [6.45, 7) is 13.7. The van der Waals surface area contributed by atoms with Crippen LogP contribution in [0.5, 0.6) is 0 Å². The molecule has 1 N–H and O–H groups in total. The molecule has 0 bridgehead atoms. The minimum absolute atomic E-state index is 0.0467. The van der Waals surface area contributed by atoms with Gasteiger partial charge in [-0.25, -0.2) is 0 Å². The van der Waals surface area contributed by atoms with E-state index in [1.165, 1.54) is 25.7 Å². The Hall–Kier alpha value is -0.570. The SMILES string of the molecule is CC(=O)OC1CC2C(CCC3CC(O)CCC32C)C2CCC(C(C)(C)C)C12C. The number of aliphatic hydroxyl groups is 1. The molecule has 9 atom stereocenters. The Kier molecular flexibility index (Phi) is 4.97. The molecule has 0 aromatic carbocycles. The van der Waals surface area contributed by atoms with Gasteiger partial charge in [0.25, 0.3) is 0 Å². The van der Waals surface area contributed by atoms with Gasteiger partial charge in [-0.3, -0.25) is 4.79 Å². The van der Waals surface area contributed by atoms with Crippen molar-refractivity contribution < 1.29 is 14.6 Å². The highest BCUT2D eigenvalue weighted by molar-refractivity contribution is 5.66. The second-order valence-electron chi connectivity index (χ2n) is 12.3. The number of fused-ring (bicyclic) bond motifs is 5. The number of hydrogen-bond acceptors (Lipinski definition) is 3. The number of ether oxygens (including phenoxy) is 1. The van der Waals surface area contributed by atoms with Gasteiger partial charge in [0.05, 0.1) is 6.10 Å². The van der Waals surface area contributed by atoms with Gasteiger partial charge in [0, 0.05) is 12.3 Å². The van der Waals surface area contributed by atoms with Gasteiger partial charge in [-0.2, -0.15) is 0 Å². The van der Waals surface area contributed by atoms with Crippen LogP contribution in [0.4, 0.5) is 0 Å². The highest BCUT2D eigenvalue weighted by Crippen LogP contribution is 2.69. The maximum Gasteiger partial charge on any atom is 0.302 e. The summed E-state index contributed by atoms with van der Waals surface area (Å²) in [6.07, 6.45) is 9.18. The highest BCUT2D eigenvalue weighted by atomic mass is 16.5. The lowest BCUT2D eigenvalue weighted by molar-refractivity contribution is -0.199. The summed E-state index contributed by atoms with van der Waals surface area (Å²) >= 11 is 0. The number of rotatable bonds is 1. The molecule has 4 saturated carbocycles. The summed E-state index contributed by atoms with van der Waals surface area (Å²) in [5.74, 6) is 3.21. The van der Waals surface area contributed by atoms with Crippen molar-refractivity contribution >= 4 is 5.97 Å². The van der Waals surface area contributed by atoms with E-state index in [9.17, 15) is 9.90 Å². The zero-order valence-corrected chi connectivity index (χ0v) is 19.0. The van der Waals surface area contributed by atoms with E-state index < -0.39 is 0 Å². The molecule has 0 aromatic rings. The third-order valence-electron chi connectivity index (χ3n) is 10.1. The molecule has 160 valence electrons. The lowest BCUT2D eigenvalue weighted by atomic mass is 9.43. The van der Waals surface area contributed by atoms with E-state index in [2.05, 4.69) is 34.6 Å². The maximum atomic E-state index is 12.1. The summed E-state index contributed by atoms with van der Waals surface area (Å²) in [7, 11) is 0. The number of esters is 1. The Balaban J connectivity index is 1.71. The minimum Gasteiger partial charge on any atom is -0.462 e. The third kappa shape index (κ3) is 2.97. The first kappa shape index (κ1) is 20.7. The fourth-order valence-corrected chi connectivity index (χ4v) is 8.93. The number of hydrogen-bond donors (Lipinski definition) is 1. The highest BCUT2D eigenvalue weighted by Gasteiger charge is 2.65. The Morgan fingerprint density at radius 3 is 2.36 bits per heavy atom. The van der Waals surface area contributed by atoms with Crippen molar-refractivity contribution in [2.75, 3.05) is 0 Å². The second kappa shape index (κ2) is 6.72. The van der Waals surface area contributed by atoms with Crippen LogP contribution in [0.3, 0.4) is 0 Å². The quantitative estimate of drug-likeness (QED) is 0.593. The molecule has 9 unspecified atom stereocenters. The molecule has 0 heterocycles. The van der Waals surface area contributed by atoms with Crippen molar-refractivity contribution in [3.05, 3.63) is 0 Å². The van der Waals surface area contributed by atoms with Gasteiger partial charge in [0.15, 0.2) is 0 Å². The molecule has 0 radical (unpaired) electrons. The Morgan fingerprint density at radius 2 is 1.71 bits per heavy atom. The van der Waals surface area contributed by atoms with Crippen molar-refractivity contribution in [3.8, 4) is 0 Å². The fourth-order valence-electron chi connectivity index (χ4n) is 8.93. The van der Waals surface area contributed by atoms with E-state index in [0.717, 1.165) is 31.6 Å². The largest absolute Gasteiger partial charge is 0.462 e. The lowest BCUT2D eigenvalue weighted by Crippen LogP contribution is -2.60. The van der Waals surface area contributed by atoms with Crippen LogP contribution in [0.2, 0.25) is 0 Å². The normalized spacial score (nSPS) is 51.0. The summed E-state index contributed by atoms with van der Waals surface area (Å²) in [4.78, 5) is 12.1. The second-order valence-corrected chi connectivity index (χ2v) is 12.3. The van der Waals surface area contributed by atoms with E-state index in [-0.39, 0.29) is 29.0 Å². The smallest absolute Gasteiger partial charge is 0.302 e. The molecule has 0 aliphatic heterocycles. The molecule has 0 spiro atoms. The summed E-state index contributed by atoms with van der Waals surface area (Å²) in [5, 5.41) is 10.3. The zero-order chi connectivity index (χ0) is 20.5. The van der Waals surface area contributed by atoms with Crippen LogP contribution in [0.15, 0.2) is 0 Å². The average molecular weight is 391 g/mol. The molecule has 4 aliphatic rings. The summed E-state index contributed by atoms with van der Waals surface area (Å²) in [6, 6.07) is 0. The van der Waals surface area contributed by atoms with Crippen LogP contribution in [-0.4, -0.2) is 23.3 Å².